The molecule has 148 valence electrons. The summed E-state index contributed by atoms with van der Waals surface area (Å²) >= 11 is 12.4. The van der Waals surface area contributed by atoms with Crippen LogP contribution in [0.1, 0.15) is 24.0 Å². The van der Waals surface area contributed by atoms with Crippen molar-refractivity contribution in [3.8, 4) is 5.75 Å². The quantitative estimate of drug-likeness (QED) is 0.445. The van der Waals surface area contributed by atoms with Crippen LogP contribution in [0.5, 0.6) is 5.75 Å². The number of hydrogen-bond acceptors (Lipinski definition) is 3. The summed E-state index contributed by atoms with van der Waals surface area (Å²) in [5.41, 5.74) is 3.76. The summed E-state index contributed by atoms with van der Waals surface area (Å²) < 4.78 is 2.16. The number of phenolic OH excluding ortho intramolecular Hbond substituents is 1. The van der Waals surface area contributed by atoms with Crippen molar-refractivity contribution in [2.24, 2.45) is 0 Å². The maximum absolute atomic E-state index is 10.9. The Labute approximate surface area is 179 Å². The van der Waals surface area contributed by atoms with E-state index in [1.165, 1.54) is 12.8 Å². The smallest absolute Gasteiger partial charge is 0.146 e. The Morgan fingerprint density at radius 1 is 0.966 bits per heavy atom. The molecule has 3 heterocycles. The van der Waals surface area contributed by atoms with Crippen LogP contribution in [0.25, 0.3) is 21.8 Å². The van der Waals surface area contributed by atoms with Crippen LogP contribution in [0.3, 0.4) is 0 Å². The van der Waals surface area contributed by atoms with Crippen molar-refractivity contribution in [1.82, 2.24) is 14.5 Å². The van der Waals surface area contributed by atoms with E-state index < -0.39 is 0 Å². The van der Waals surface area contributed by atoms with Crippen molar-refractivity contribution in [2.75, 3.05) is 13.1 Å². The number of nitrogens with zero attached hydrogens (tertiary/aromatic N) is 3. The first-order valence-electron chi connectivity index (χ1n) is 9.85. The zero-order valence-electron chi connectivity index (χ0n) is 15.9. The molecule has 0 bridgehead atoms. The Morgan fingerprint density at radius 2 is 1.76 bits per heavy atom. The molecule has 0 radical (unpaired) electrons. The van der Waals surface area contributed by atoms with Crippen LogP contribution in [0, 0.1) is 0 Å². The van der Waals surface area contributed by atoms with E-state index in [1.807, 2.05) is 36.5 Å². The van der Waals surface area contributed by atoms with Gasteiger partial charge in [0.1, 0.15) is 11.3 Å². The fourth-order valence-electron chi connectivity index (χ4n) is 4.30. The Bertz CT molecular complexity index is 1210. The molecule has 1 fully saturated rings. The molecule has 1 saturated heterocycles. The largest absolute Gasteiger partial charge is 0.505 e. The maximum atomic E-state index is 10.9. The number of pyridine rings is 1. The van der Waals surface area contributed by atoms with E-state index in [-0.39, 0.29) is 0 Å². The van der Waals surface area contributed by atoms with Gasteiger partial charge in [-0.1, -0.05) is 29.3 Å². The van der Waals surface area contributed by atoms with E-state index >= 15 is 0 Å². The lowest BCUT2D eigenvalue weighted by molar-refractivity contribution is 0.324. The number of aromatic nitrogens is 2. The molecule has 6 heteroatoms. The first kappa shape index (κ1) is 18.7. The standard InChI is InChI=1S/C23H21Cl2N3O/c24-19-11-15-5-9-28(21(15)12-20(19)25)14-16-10-17(13-27-7-1-2-8-27)23(29)22-18(16)4-3-6-26-22/h3-6,9-12,29H,1-2,7-8,13-14H2. The van der Waals surface area contributed by atoms with Crippen LogP contribution in [0.2, 0.25) is 10.0 Å². The van der Waals surface area contributed by atoms with Crippen LogP contribution < -0.4 is 0 Å². The van der Waals surface area contributed by atoms with Gasteiger partial charge in [-0.3, -0.25) is 9.88 Å². The van der Waals surface area contributed by atoms with Gasteiger partial charge in [0.2, 0.25) is 0 Å². The number of rotatable bonds is 4. The van der Waals surface area contributed by atoms with E-state index in [9.17, 15) is 5.11 Å². The zero-order valence-corrected chi connectivity index (χ0v) is 17.4. The molecule has 0 aliphatic carbocycles. The van der Waals surface area contributed by atoms with Gasteiger partial charge in [0.25, 0.3) is 0 Å². The second kappa shape index (κ2) is 7.52. The van der Waals surface area contributed by atoms with Crippen LogP contribution in [-0.2, 0) is 13.1 Å². The predicted molar refractivity (Wildman–Crippen MR) is 119 cm³/mol. The third kappa shape index (κ3) is 3.46. The van der Waals surface area contributed by atoms with Crippen molar-refractivity contribution in [2.45, 2.75) is 25.9 Å². The number of benzene rings is 2. The molecule has 1 N–H and O–H groups in total. The summed E-state index contributed by atoms with van der Waals surface area (Å²) in [6, 6.07) is 11.9. The van der Waals surface area contributed by atoms with Gasteiger partial charge >= 0.3 is 0 Å². The van der Waals surface area contributed by atoms with Crippen molar-refractivity contribution in [1.29, 1.82) is 0 Å². The van der Waals surface area contributed by atoms with Crippen LogP contribution >= 0.6 is 23.2 Å². The molecule has 0 amide bonds. The predicted octanol–water partition coefficient (Wildman–Crippen LogP) is 5.85. The molecule has 2 aromatic carbocycles. The lowest BCUT2D eigenvalue weighted by atomic mass is 10.0. The molecule has 0 spiro atoms. The first-order chi connectivity index (χ1) is 14.1. The monoisotopic (exact) mass is 425 g/mol. The topological polar surface area (TPSA) is 41.3 Å². The number of aromatic hydroxyl groups is 1. The van der Waals surface area contributed by atoms with Crippen LogP contribution in [0.4, 0.5) is 0 Å². The normalized spacial score (nSPS) is 15.0. The molecule has 0 unspecified atom stereocenters. The van der Waals surface area contributed by atoms with Crippen molar-refractivity contribution >= 4 is 45.0 Å². The highest BCUT2D eigenvalue weighted by atomic mass is 35.5. The van der Waals surface area contributed by atoms with E-state index in [0.29, 0.717) is 27.9 Å². The fourth-order valence-corrected chi connectivity index (χ4v) is 4.63. The molecular weight excluding hydrogens is 405 g/mol. The molecule has 5 rings (SSSR count). The zero-order chi connectivity index (χ0) is 20.0. The van der Waals surface area contributed by atoms with Crippen LogP contribution in [-0.4, -0.2) is 32.6 Å². The molecule has 1 aliphatic rings. The molecule has 1 aliphatic heterocycles. The number of likely N-dealkylation sites (tertiary alicyclic amines) is 1. The molecular formula is C23H21Cl2N3O. The Kier molecular flexibility index (Phi) is 4.86. The molecule has 2 aromatic heterocycles. The van der Waals surface area contributed by atoms with Gasteiger partial charge in [-0.2, -0.15) is 0 Å². The molecule has 29 heavy (non-hydrogen) atoms. The van der Waals surface area contributed by atoms with E-state index in [0.717, 1.165) is 47.1 Å². The summed E-state index contributed by atoms with van der Waals surface area (Å²) in [7, 11) is 0. The van der Waals surface area contributed by atoms with Crippen molar-refractivity contribution < 1.29 is 5.11 Å². The van der Waals surface area contributed by atoms with Crippen molar-refractivity contribution in [3.05, 3.63) is 70.0 Å². The van der Waals surface area contributed by atoms with Gasteiger partial charge in [-0.15, -0.1) is 0 Å². The van der Waals surface area contributed by atoms with Crippen molar-refractivity contribution in [3.63, 3.8) is 0 Å². The van der Waals surface area contributed by atoms with Crippen LogP contribution in [0.15, 0.2) is 48.8 Å². The van der Waals surface area contributed by atoms with Gasteiger partial charge in [0.15, 0.2) is 0 Å². The summed E-state index contributed by atoms with van der Waals surface area (Å²) in [4.78, 5) is 6.87. The third-order valence-corrected chi connectivity index (χ3v) is 6.50. The number of phenols is 1. The highest BCUT2D eigenvalue weighted by Gasteiger charge is 2.18. The lowest BCUT2D eigenvalue weighted by Gasteiger charge is -2.18. The minimum absolute atomic E-state index is 0.295. The summed E-state index contributed by atoms with van der Waals surface area (Å²) in [6.45, 7) is 3.57. The minimum atomic E-state index is 0.295. The summed E-state index contributed by atoms with van der Waals surface area (Å²) in [5.74, 6) is 0.295. The highest BCUT2D eigenvalue weighted by Crippen LogP contribution is 2.34. The Balaban J connectivity index is 1.60. The van der Waals surface area contributed by atoms with Gasteiger partial charge in [-0.05, 0) is 61.8 Å². The van der Waals surface area contributed by atoms with Gasteiger partial charge in [-0.25, -0.2) is 0 Å². The maximum Gasteiger partial charge on any atom is 0.146 e. The van der Waals surface area contributed by atoms with Gasteiger partial charge < -0.3 is 9.67 Å². The van der Waals surface area contributed by atoms with Gasteiger partial charge in [0.05, 0.1) is 10.0 Å². The Morgan fingerprint density at radius 3 is 2.59 bits per heavy atom. The SMILES string of the molecule is Oc1c(CN2CCCC2)cc(Cn2ccc3cc(Cl)c(Cl)cc32)c2cccnc12. The summed E-state index contributed by atoms with van der Waals surface area (Å²) in [6.07, 6.45) is 6.22. The molecule has 0 saturated carbocycles. The minimum Gasteiger partial charge on any atom is -0.505 e. The number of fused-ring (bicyclic) bond motifs is 2. The summed E-state index contributed by atoms with van der Waals surface area (Å²) in [5, 5.41) is 14.0. The molecule has 4 aromatic rings. The average molecular weight is 426 g/mol. The highest BCUT2D eigenvalue weighted by molar-refractivity contribution is 6.42. The number of hydrogen-bond donors (Lipinski definition) is 1. The fraction of sp³-hybridized carbons (Fsp3) is 0.261. The van der Waals surface area contributed by atoms with E-state index in [2.05, 4.69) is 20.5 Å². The first-order valence-corrected chi connectivity index (χ1v) is 10.6. The second-order valence-electron chi connectivity index (χ2n) is 7.70. The van der Waals surface area contributed by atoms with E-state index in [1.54, 1.807) is 6.20 Å². The van der Waals surface area contributed by atoms with E-state index in [4.69, 9.17) is 23.2 Å². The lowest BCUT2D eigenvalue weighted by Crippen LogP contribution is -2.18. The Hall–Kier alpha value is -2.27. The number of halogens is 2. The third-order valence-electron chi connectivity index (χ3n) is 5.78. The second-order valence-corrected chi connectivity index (χ2v) is 8.51. The molecule has 0 atom stereocenters. The average Bonchev–Trinajstić information content (AvgIpc) is 3.36. The molecule has 4 nitrogen and oxygen atoms in total. The van der Waals surface area contributed by atoms with Gasteiger partial charge in [0, 0.05) is 47.3 Å².